The fraction of sp³-hybridized carbons (Fsp3) is 0.414. The second-order valence-electron chi connectivity index (χ2n) is 10.8. The zero-order valence-electron chi connectivity index (χ0n) is 22.6. The van der Waals surface area contributed by atoms with Gasteiger partial charge in [0.05, 0.1) is 17.2 Å². The highest BCUT2D eigenvalue weighted by Crippen LogP contribution is 2.39. The number of carbonyl (C=O) groups is 2. The number of rotatable bonds is 8. The molecule has 0 saturated carbocycles. The number of ether oxygens (including phenoxy) is 1. The third-order valence-corrected chi connectivity index (χ3v) is 9.64. The maximum atomic E-state index is 13.8. The summed E-state index contributed by atoms with van der Waals surface area (Å²) in [5.41, 5.74) is 3.63. The summed E-state index contributed by atoms with van der Waals surface area (Å²) in [5.74, 6) is -0.437. The summed E-state index contributed by atoms with van der Waals surface area (Å²) in [4.78, 5) is 32.5. The van der Waals surface area contributed by atoms with E-state index in [0.29, 0.717) is 38.2 Å². The summed E-state index contributed by atoms with van der Waals surface area (Å²) in [6.07, 6.45) is 4.28. The Labute approximate surface area is 234 Å². The topological polar surface area (TPSA) is 129 Å². The predicted molar refractivity (Wildman–Crippen MR) is 149 cm³/mol. The zero-order chi connectivity index (χ0) is 28.5. The van der Waals surface area contributed by atoms with Crippen LogP contribution >= 0.6 is 0 Å². The number of hydrogen-bond donors (Lipinski definition) is 2. The standard InChI is InChI=1S/C29H34N4O6S/c1-29(22-7-9-23(10-8-22)39-19-21-11-15-30-25-6-4-3-5-24(21)25)14-18-33(28(29)35)26(27(34)31-36)20-12-16-32(17-13-20)40(2,37)38/h3-11,15,20,26,36H,12-14,16-19H2,1-2H3,(H,31,34). The van der Waals surface area contributed by atoms with Gasteiger partial charge in [-0.25, -0.2) is 18.2 Å². The van der Waals surface area contributed by atoms with Gasteiger partial charge in [-0.3, -0.25) is 19.8 Å². The summed E-state index contributed by atoms with van der Waals surface area (Å²) >= 11 is 0. The average molecular weight is 567 g/mol. The normalized spacial score (nSPS) is 21.5. The van der Waals surface area contributed by atoms with Crippen molar-refractivity contribution in [3.63, 3.8) is 0 Å². The number of aromatic nitrogens is 1. The average Bonchev–Trinajstić information content (AvgIpc) is 3.26. The van der Waals surface area contributed by atoms with Gasteiger partial charge in [0.25, 0.3) is 5.91 Å². The molecule has 2 saturated heterocycles. The minimum Gasteiger partial charge on any atom is -0.489 e. The molecular formula is C29H34N4O6S. The molecule has 0 bridgehead atoms. The van der Waals surface area contributed by atoms with E-state index in [1.54, 1.807) is 16.6 Å². The van der Waals surface area contributed by atoms with E-state index >= 15 is 0 Å². The van der Waals surface area contributed by atoms with Crippen LogP contribution in [-0.4, -0.2) is 71.6 Å². The molecule has 0 radical (unpaired) electrons. The number of pyridine rings is 1. The maximum Gasteiger partial charge on any atom is 0.266 e. The Bertz CT molecular complexity index is 1500. The lowest BCUT2D eigenvalue weighted by atomic mass is 9.81. The fourth-order valence-corrected chi connectivity index (χ4v) is 6.84. The summed E-state index contributed by atoms with van der Waals surface area (Å²) < 4.78 is 31.3. The van der Waals surface area contributed by atoms with Gasteiger partial charge in [-0.15, -0.1) is 0 Å². The van der Waals surface area contributed by atoms with Crippen LogP contribution in [0, 0.1) is 5.92 Å². The Balaban J connectivity index is 1.28. The largest absolute Gasteiger partial charge is 0.489 e. The molecule has 11 heteroatoms. The molecule has 2 fully saturated rings. The van der Waals surface area contributed by atoms with Crippen LogP contribution in [0.1, 0.15) is 37.3 Å². The first-order chi connectivity index (χ1) is 19.1. The van der Waals surface area contributed by atoms with Crippen LogP contribution in [0.25, 0.3) is 10.9 Å². The molecule has 2 amide bonds. The van der Waals surface area contributed by atoms with Crippen LogP contribution < -0.4 is 10.2 Å². The van der Waals surface area contributed by atoms with Crippen molar-refractivity contribution in [2.45, 2.75) is 44.2 Å². The number of benzene rings is 2. The van der Waals surface area contributed by atoms with Gasteiger partial charge >= 0.3 is 0 Å². The highest BCUT2D eigenvalue weighted by Gasteiger charge is 2.50. The first kappa shape index (κ1) is 28.0. The highest BCUT2D eigenvalue weighted by molar-refractivity contribution is 7.88. The Morgan fingerprint density at radius 1 is 1.12 bits per heavy atom. The Kier molecular flexibility index (Phi) is 7.80. The monoisotopic (exact) mass is 566 g/mol. The molecule has 5 rings (SSSR count). The molecule has 2 aliphatic heterocycles. The van der Waals surface area contributed by atoms with Gasteiger partial charge in [-0.2, -0.15) is 0 Å². The van der Waals surface area contributed by atoms with Crippen molar-refractivity contribution in [1.29, 1.82) is 0 Å². The lowest BCUT2D eigenvalue weighted by Gasteiger charge is -2.38. The fourth-order valence-electron chi connectivity index (χ4n) is 5.96. The van der Waals surface area contributed by atoms with Crippen LogP contribution in [0.2, 0.25) is 0 Å². The van der Waals surface area contributed by atoms with Crippen molar-refractivity contribution in [1.82, 2.24) is 19.7 Å². The van der Waals surface area contributed by atoms with Gasteiger partial charge in [0, 0.05) is 36.8 Å². The Morgan fingerprint density at radius 2 is 1.82 bits per heavy atom. The Hall–Kier alpha value is -3.54. The van der Waals surface area contributed by atoms with Crippen LogP contribution in [0.4, 0.5) is 0 Å². The van der Waals surface area contributed by atoms with E-state index in [1.165, 1.54) is 4.31 Å². The maximum absolute atomic E-state index is 13.8. The molecule has 40 heavy (non-hydrogen) atoms. The quantitative estimate of drug-likeness (QED) is 0.317. The van der Waals surface area contributed by atoms with E-state index in [9.17, 15) is 23.2 Å². The SMILES string of the molecule is CC1(c2ccc(OCc3ccnc4ccccc34)cc2)CCN(C(C(=O)NO)C2CCN(S(C)(=O)=O)CC2)C1=O. The number of nitrogens with one attached hydrogen (secondary N) is 1. The number of hydrogen-bond acceptors (Lipinski definition) is 7. The molecule has 212 valence electrons. The van der Waals surface area contributed by atoms with Gasteiger partial charge in [-0.05, 0) is 61.9 Å². The zero-order valence-corrected chi connectivity index (χ0v) is 23.4. The van der Waals surface area contributed by atoms with E-state index in [4.69, 9.17) is 4.74 Å². The van der Waals surface area contributed by atoms with E-state index in [0.717, 1.165) is 28.3 Å². The third-order valence-electron chi connectivity index (χ3n) is 8.34. The first-order valence-corrected chi connectivity index (χ1v) is 15.2. The number of hydroxylamine groups is 1. The van der Waals surface area contributed by atoms with Gasteiger partial charge in [-0.1, -0.05) is 30.3 Å². The molecule has 2 N–H and O–H groups in total. The number of fused-ring (bicyclic) bond motifs is 1. The molecule has 10 nitrogen and oxygen atoms in total. The van der Waals surface area contributed by atoms with E-state index in [1.807, 2.05) is 61.5 Å². The third kappa shape index (κ3) is 5.41. The van der Waals surface area contributed by atoms with E-state index < -0.39 is 27.4 Å². The lowest BCUT2D eigenvalue weighted by Crippen LogP contribution is -2.55. The molecule has 3 aromatic rings. The van der Waals surface area contributed by atoms with Crippen LogP contribution in [-0.2, 0) is 31.6 Å². The predicted octanol–water partition coefficient (Wildman–Crippen LogP) is 2.85. The van der Waals surface area contributed by atoms with Crippen molar-refractivity contribution in [2.75, 3.05) is 25.9 Å². The van der Waals surface area contributed by atoms with Crippen molar-refractivity contribution >= 4 is 32.7 Å². The molecule has 2 atom stereocenters. The van der Waals surface area contributed by atoms with Crippen molar-refractivity contribution in [3.05, 3.63) is 71.9 Å². The summed E-state index contributed by atoms with van der Waals surface area (Å²) in [6.45, 7) is 3.15. The van der Waals surface area contributed by atoms with Gasteiger partial charge < -0.3 is 9.64 Å². The van der Waals surface area contributed by atoms with Crippen molar-refractivity contribution < 1.29 is 28.0 Å². The van der Waals surface area contributed by atoms with Gasteiger partial charge in [0.2, 0.25) is 15.9 Å². The highest BCUT2D eigenvalue weighted by atomic mass is 32.2. The van der Waals surface area contributed by atoms with Crippen molar-refractivity contribution in [2.24, 2.45) is 5.92 Å². The second-order valence-corrected chi connectivity index (χ2v) is 12.8. The first-order valence-electron chi connectivity index (χ1n) is 13.4. The molecular weight excluding hydrogens is 532 g/mol. The second kappa shape index (κ2) is 11.1. The number of para-hydroxylation sites is 1. The molecule has 2 aliphatic rings. The smallest absolute Gasteiger partial charge is 0.266 e. The molecule has 2 unspecified atom stereocenters. The van der Waals surface area contributed by atoms with Crippen LogP contribution in [0.15, 0.2) is 60.8 Å². The molecule has 0 aliphatic carbocycles. The lowest BCUT2D eigenvalue weighted by molar-refractivity contribution is -0.146. The molecule has 1 aromatic heterocycles. The number of piperidine rings is 1. The van der Waals surface area contributed by atoms with Gasteiger partial charge in [0.1, 0.15) is 18.4 Å². The van der Waals surface area contributed by atoms with E-state index in [2.05, 4.69) is 4.98 Å². The van der Waals surface area contributed by atoms with Crippen molar-refractivity contribution in [3.8, 4) is 5.75 Å². The number of amides is 2. The number of likely N-dealkylation sites (tertiary alicyclic amines) is 1. The summed E-state index contributed by atoms with van der Waals surface area (Å²) in [6, 6.07) is 16.4. The minimum absolute atomic E-state index is 0.191. The van der Waals surface area contributed by atoms with Crippen LogP contribution in [0.5, 0.6) is 5.75 Å². The minimum atomic E-state index is -3.33. The Morgan fingerprint density at radius 3 is 2.50 bits per heavy atom. The van der Waals surface area contributed by atoms with Crippen LogP contribution in [0.3, 0.4) is 0 Å². The van der Waals surface area contributed by atoms with Gasteiger partial charge in [0.15, 0.2) is 0 Å². The molecule has 0 spiro atoms. The number of carbonyl (C=O) groups excluding carboxylic acids is 2. The molecule has 3 heterocycles. The summed E-state index contributed by atoms with van der Waals surface area (Å²) in [7, 11) is -3.33. The molecule has 2 aromatic carbocycles. The number of sulfonamides is 1. The summed E-state index contributed by atoms with van der Waals surface area (Å²) in [5, 5.41) is 10.5. The number of nitrogens with zero attached hydrogens (tertiary/aromatic N) is 3. The van der Waals surface area contributed by atoms with E-state index in [-0.39, 0.29) is 24.9 Å².